The van der Waals surface area contributed by atoms with Gasteiger partial charge < -0.3 is 10.0 Å². The quantitative estimate of drug-likeness (QED) is 0.745. The van der Waals surface area contributed by atoms with Crippen LogP contribution in [-0.2, 0) is 5.75 Å². The standard InChI is InChI=1S/C13H21NO2S2/c1-4-14(5-2)6-7-17-9-11-8-12(13(15)16)18-10(11)3/h8H,4-7,9H2,1-3H3,(H,15,16). The lowest BCUT2D eigenvalue weighted by Gasteiger charge is -2.17. The molecule has 1 rings (SSSR count). The first-order valence-electron chi connectivity index (χ1n) is 6.21. The number of rotatable bonds is 8. The molecule has 0 aromatic carbocycles. The third-order valence-electron chi connectivity index (χ3n) is 2.94. The Hall–Kier alpha value is -0.520. The van der Waals surface area contributed by atoms with Crippen LogP contribution in [0.4, 0.5) is 0 Å². The van der Waals surface area contributed by atoms with Gasteiger partial charge in [0.15, 0.2) is 0 Å². The highest BCUT2D eigenvalue weighted by molar-refractivity contribution is 7.98. The molecule has 0 saturated carbocycles. The summed E-state index contributed by atoms with van der Waals surface area (Å²) in [6.07, 6.45) is 0. The Morgan fingerprint density at radius 1 is 1.44 bits per heavy atom. The van der Waals surface area contributed by atoms with E-state index >= 15 is 0 Å². The zero-order valence-corrected chi connectivity index (χ0v) is 12.9. The van der Waals surface area contributed by atoms with Gasteiger partial charge in [0, 0.05) is 22.9 Å². The van der Waals surface area contributed by atoms with Gasteiger partial charge in [-0.3, -0.25) is 0 Å². The Morgan fingerprint density at radius 2 is 2.11 bits per heavy atom. The van der Waals surface area contributed by atoms with E-state index in [1.165, 1.54) is 16.9 Å². The number of aromatic carboxylic acids is 1. The SMILES string of the molecule is CCN(CC)CCSCc1cc(C(=O)O)sc1C. The van der Waals surface area contributed by atoms with E-state index in [2.05, 4.69) is 18.7 Å². The van der Waals surface area contributed by atoms with Crippen LogP contribution in [0, 0.1) is 6.92 Å². The fourth-order valence-electron chi connectivity index (χ4n) is 1.68. The number of carboxylic acid groups (broad SMARTS) is 1. The number of carboxylic acids is 1. The van der Waals surface area contributed by atoms with Crippen molar-refractivity contribution < 1.29 is 9.90 Å². The smallest absolute Gasteiger partial charge is 0.345 e. The van der Waals surface area contributed by atoms with Gasteiger partial charge >= 0.3 is 5.97 Å². The molecule has 0 atom stereocenters. The lowest BCUT2D eigenvalue weighted by molar-refractivity contribution is 0.0702. The van der Waals surface area contributed by atoms with Crippen LogP contribution in [0.3, 0.4) is 0 Å². The van der Waals surface area contributed by atoms with Gasteiger partial charge in [-0.05, 0) is 31.6 Å². The van der Waals surface area contributed by atoms with Crippen molar-refractivity contribution in [3.8, 4) is 0 Å². The van der Waals surface area contributed by atoms with Crippen molar-refractivity contribution in [2.24, 2.45) is 0 Å². The number of thioether (sulfide) groups is 1. The summed E-state index contributed by atoms with van der Waals surface area (Å²) in [5.74, 6) is 1.19. The maximum absolute atomic E-state index is 10.9. The molecule has 0 spiro atoms. The number of nitrogens with zero attached hydrogens (tertiary/aromatic N) is 1. The molecule has 3 nitrogen and oxygen atoms in total. The highest BCUT2D eigenvalue weighted by atomic mass is 32.2. The van der Waals surface area contributed by atoms with Gasteiger partial charge in [-0.1, -0.05) is 13.8 Å². The first-order valence-corrected chi connectivity index (χ1v) is 8.18. The monoisotopic (exact) mass is 287 g/mol. The lowest BCUT2D eigenvalue weighted by atomic mass is 10.3. The molecule has 0 amide bonds. The molecule has 0 aliphatic carbocycles. The molecule has 5 heteroatoms. The molecule has 1 N–H and O–H groups in total. The first-order chi connectivity index (χ1) is 8.58. The van der Waals surface area contributed by atoms with E-state index < -0.39 is 5.97 Å². The molecule has 18 heavy (non-hydrogen) atoms. The van der Waals surface area contributed by atoms with E-state index in [0.29, 0.717) is 4.88 Å². The number of carbonyl (C=O) groups is 1. The molecular formula is C13H21NO2S2. The molecule has 0 saturated heterocycles. The van der Waals surface area contributed by atoms with E-state index in [0.717, 1.165) is 36.0 Å². The maximum atomic E-state index is 10.9. The normalized spacial score (nSPS) is 11.1. The van der Waals surface area contributed by atoms with Crippen molar-refractivity contribution in [1.82, 2.24) is 4.90 Å². The highest BCUT2D eigenvalue weighted by Crippen LogP contribution is 2.25. The second kappa shape index (κ2) is 7.81. The van der Waals surface area contributed by atoms with Gasteiger partial charge in [-0.15, -0.1) is 11.3 Å². The van der Waals surface area contributed by atoms with Crippen LogP contribution in [0.1, 0.15) is 34.0 Å². The Kier molecular flexibility index (Phi) is 6.75. The molecule has 0 bridgehead atoms. The Morgan fingerprint density at radius 3 is 2.61 bits per heavy atom. The largest absolute Gasteiger partial charge is 0.477 e. The van der Waals surface area contributed by atoms with Gasteiger partial charge in [-0.25, -0.2) is 4.79 Å². The fourth-order valence-corrected chi connectivity index (χ4v) is 3.71. The molecule has 1 heterocycles. The number of hydrogen-bond acceptors (Lipinski definition) is 4. The van der Waals surface area contributed by atoms with Crippen LogP contribution < -0.4 is 0 Å². The first kappa shape index (κ1) is 15.5. The van der Waals surface area contributed by atoms with Crippen LogP contribution in [0.15, 0.2) is 6.07 Å². The average Bonchev–Trinajstić information content (AvgIpc) is 2.71. The fraction of sp³-hybridized carbons (Fsp3) is 0.615. The van der Waals surface area contributed by atoms with Crippen LogP contribution in [0.5, 0.6) is 0 Å². The molecule has 0 fully saturated rings. The van der Waals surface area contributed by atoms with Crippen molar-refractivity contribution in [3.05, 3.63) is 21.4 Å². The van der Waals surface area contributed by atoms with Gasteiger partial charge in [0.05, 0.1) is 0 Å². The van der Waals surface area contributed by atoms with E-state index in [4.69, 9.17) is 5.11 Å². The minimum Gasteiger partial charge on any atom is -0.477 e. The average molecular weight is 287 g/mol. The summed E-state index contributed by atoms with van der Waals surface area (Å²) in [6.45, 7) is 9.64. The topological polar surface area (TPSA) is 40.5 Å². The van der Waals surface area contributed by atoms with Crippen molar-refractivity contribution >= 4 is 29.1 Å². The molecule has 1 aromatic heterocycles. The molecular weight excluding hydrogens is 266 g/mol. The third kappa shape index (κ3) is 4.63. The summed E-state index contributed by atoms with van der Waals surface area (Å²) in [5, 5.41) is 8.93. The minimum absolute atomic E-state index is 0.451. The second-order valence-electron chi connectivity index (χ2n) is 4.08. The molecule has 0 aliphatic heterocycles. The van der Waals surface area contributed by atoms with Crippen LogP contribution in [0.25, 0.3) is 0 Å². The van der Waals surface area contributed by atoms with Gasteiger partial charge in [0.1, 0.15) is 4.88 Å². The lowest BCUT2D eigenvalue weighted by Crippen LogP contribution is -2.25. The minimum atomic E-state index is -0.817. The maximum Gasteiger partial charge on any atom is 0.345 e. The summed E-state index contributed by atoms with van der Waals surface area (Å²) >= 11 is 3.25. The number of hydrogen-bond donors (Lipinski definition) is 1. The predicted octanol–water partition coefficient (Wildman–Crippen LogP) is 3.33. The zero-order valence-electron chi connectivity index (χ0n) is 11.2. The Labute approximate surface area is 117 Å². The second-order valence-corrected chi connectivity index (χ2v) is 6.44. The van der Waals surface area contributed by atoms with Gasteiger partial charge in [0.2, 0.25) is 0 Å². The molecule has 102 valence electrons. The zero-order chi connectivity index (χ0) is 13.5. The van der Waals surface area contributed by atoms with E-state index in [1.54, 1.807) is 0 Å². The number of aryl methyl sites for hydroxylation is 1. The predicted molar refractivity (Wildman–Crippen MR) is 80.0 cm³/mol. The number of thiophene rings is 1. The summed E-state index contributed by atoms with van der Waals surface area (Å²) < 4.78 is 0. The van der Waals surface area contributed by atoms with Gasteiger partial charge in [-0.2, -0.15) is 11.8 Å². The molecule has 0 aliphatic rings. The van der Waals surface area contributed by atoms with Crippen molar-refractivity contribution in [3.63, 3.8) is 0 Å². The molecule has 1 aromatic rings. The van der Waals surface area contributed by atoms with Crippen molar-refractivity contribution in [1.29, 1.82) is 0 Å². The Balaban J connectivity index is 2.37. The molecule has 0 radical (unpaired) electrons. The van der Waals surface area contributed by atoms with Gasteiger partial charge in [0.25, 0.3) is 0 Å². The van der Waals surface area contributed by atoms with E-state index in [1.807, 2.05) is 24.8 Å². The highest BCUT2D eigenvalue weighted by Gasteiger charge is 2.10. The van der Waals surface area contributed by atoms with Crippen molar-refractivity contribution in [2.45, 2.75) is 26.5 Å². The van der Waals surface area contributed by atoms with Crippen molar-refractivity contribution in [2.75, 3.05) is 25.4 Å². The summed E-state index contributed by atoms with van der Waals surface area (Å²) in [7, 11) is 0. The molecule has 0 unspecified atom stereocenters. The van der Waals surface area contributed by atoms with Crippen LogP contribution in [-0.4, -0.2) is 41.4 Å². The summed E-state index contributed by atoms with van der Waals surface area (Å²) in [6, 6.07) is 1.81. The van der Waals surface area contributed by atoms with E-state index in [-0.39, 0.29) is 0 Å². The third-order valence-corrected chi connectivity index (χ3v) is 5.00. The Bertz CT molecular complexity index is 386. The summed E-state index contributed by atoms with van der Waals surface area (Å²) in [4.78, 5) is 14.8. The summed E-state index contributed by atoms with van der Waals surface area (Å²) in [5.41, 5.74) is 1.17. The van der Waals surface area contributed by atoms with Crippen LogP contribution in [0.2, 0.25) is 0 Å². The van der Waals surface area contributed by atoms with Crippen LogP contribution >= 0.6 is 23.1 Å². The van der Waals surface area contributed by atoms with E-state index in [9.17, 15) is 4.79 Å².